The molecule has 0 aromatic heterocycles. The quantitative estimate of drug-likeness (QED) is 0.0290. The van der Waals surface area contributed by atoms with E-state index in [1.165, 1.54) is 13.8 Å². The lowest BCUT2D eigenvalue weighted by atomic mass is 9.88. The summed E-state index contributed by atoms with van der Waals surface area (Å²) >= 11 is 0. The van der Waals surface area contributed by atoms with Gasteiger partial charge < -0.3 is 230 Å². The van der Waals surface area contributed by atoms with E-state index in [9.17, 15) is 157 Å². The summed E-state index contributed by atoms with van der Waals surface area (Å²) in [5.41, 5.74) is 0. The van der Waals surface area contributed by atoms with Crippen LogP contribution in [0, 0.1) is 0 Å². The first-order valence-corrected chi connectivity index (χ1v) is 35.9. The second-order valence-electron chi connectivity index (χ2n) is 28.6. The summed E-state index contributed by atoms with van der Waals surface area (Å²) in [6.07, 6.45) is -87.8. The molecule has 8 aliphatic heterocycles. The van der Waals surface area contributed by atoms with Crippen molar-refractivity contribution in [2.75, 3.05) is 52.9 Å². The Balaban J connectivity index is 1.10. The Morgan fingerprint density at radius 3 is 1.36 bits per heavy atom. The van der Waals surface area contributed by atoms with Gasteiger partial charge in [0.2, 0.25) is 17.7 Å². The molecule has 0 aliphatic carbocycles. The van der Waals surface area contributed by atoms with E-state index in [-0.39, 0.29) is 0 Å². The molecular weight excluding hydrogens is 1550 g/mol. The van der Waals surface area contributed by atoms with Crippen LogP contribution in [0.4, 0.5) is 0 Å². The molecule has 8 rings (SSSR count). The summed E-state index contributed by atoms with van der Waals surface area (Å²) in [5, 5.41) is 303. The van der Waals surface area contributed by atoms with Crippen LogP contribution in [-0.2, 0) is 95.0 Å². The van der Waals surface area contributed by atoms with Crippen molar-refractivity contribution in [3.8, 4) is 0 Å². The van der Waals surface area contributed by atoms with Gasteiger partial charge in [0, 0.05) is 27.2 Å². The van der Waals surface area contributed by atoms with Gasteiger partial charge >= 0.3 is 5.97 Å². The summed E-state index contributed by atoms with van der Waals surface area (Å²) in [7, 11) is 0. The minimum atomic E-state index is -3.08. The van der Waals surface area contributed by atoms with Gasteiger partial charge in [0.05, 0.1) is 77.2 Å². The molecule has 50 nitrogen and oxygen atoms in total. The number of amides is 3. The lowest BCUT2D eigenvalue weighted by Crippen LogP contribution is -2.71. The lowest BCUT2D eigenvalue weighted by Gasteiger charge is -2.51. The second-order valence-corrected chi connectivity index (χ2v) is 28.6. The monoisotopic (exact) mass is 1660 g/mol. The van der Waals surface area contributed by atoms with Crippen LogP contribution in [0.5, 0.6) is 0 Å². The van der Waals surface area contributed by atoms with Crippen LogP contribution in [0.25, 0.3) is 0 Å². The maximum absolute atomic E-state index is 13.5. The third-order valence-electron chi connectivity index (χ3n) is 20.5. The maximum Gasteiger partial charge on any atom is 0.364 e. The highest BCUT2D eigenvalue weighted by Gasteiger charge is 2.62. The Morgan fingerprint density at radius 2 is 0.832 bits per heavy atom. The molecule has 3 amide bonds. The number of carbonyl (C=O) groups is 4. The highest BCUT2D eigenvalue weighted by atomic mass is 16.8. The fraction of sp³-hybridized carbons (Fsp3) is 0.937. The molecule has 0 saturated carbocycles. The molecule has 0 radical (unpaired) electrons. The van der Waals surface area contributed by atoms with Gasteiger partial charge in [-0.15, -0.1) is 0 Å². The van der Waals surface area contributed by atoms with Gasteiger partial charge in [0.15, 0.2) is 44.0 Å². The Morgan fingerprint density at radius 1 is 0.398 bits per heavy atom. The molecule has 8 aliphatic rings. The van der Waals surface area contributed by atoms with Crippen LogP contribution in [0.3, 0.4) is 0 Å². The van der Waals surface area contributed by atoms with E-state index in [4.69, 9.17) is 75.8 Å². The minimum absolute atomic E-state index is 0.838. The Bertz CT molecular complexity index is 2990. The van der Waals surface area contributed by atoms with Crippen molar-refractivity contribution in [1.82, 2.24) is 16.0 Å². The van der Waals surface area contributed by atoms with E-state index in [1.54, 1.807) is 0 Å². The number of ether oxygens (including phenoxy) is 16. The van der Waals surface area contributed by atoms with Gasteiger partial charge in [0.1, 0.15) is 201 Å². The zero-order valence-corrected chi connectivity index (χ0v) is 61.0. The van der Waals surface area contributed by atoms with Crippen LogP contribution in [0.1, 0.15) is 41.0 Å². The zero-order valence-electron chi connectivity index (χ0n) is 61.0. The first-order valence-electron chi connectivity index (χ1n) is 35.9. The fourth-order valence-electron chi connectivity index (χ4n) is 14.1. The van der Waals surface area contributed by atoms with Crippen molar-refractivity contribution >= 4 is 23.7 Å². The number of nitrogens with one attached hydrogen (secondary N) is 3. The zero-order chi connectivity index (χ0) is 84.0. The van der Waals surface area contributed by atoms with Crippen molar-refractivity contribution in [1.29, 1.82) is 0 Å². The van der Waals surface area contributed by atoms with Gasteiger partial charge in [0.25, 0.3) is 5.79 Å². The van der Waals surface area contributed by atoms with Crippen molar-refractivity contribution in [2.45, 2.75) is 317 Å². The number of aliphatic carboxylic acids is 1. The molecule has 0 bridgehead atoms. The number of rotatable bonds is 33. The van der Waals surface area contributed by atoms with E-state index in [0.29, 0.717) is 0 Å². The van der Waals surface area contributed by atoms with Gasteiger partial charge in [-0.3, -0.25) is 14.4 Å². The van der Waals surface area contributed by atoms with E-state index in [1.807, 2.05) is 0 Å². The topological polar surface area (TPSA) is 798 Å². The number of carboxylic acid groups (broad SMARTS) is 1. The molecule has 113 heavy (non-hydrogen) atoms. The van der Waals surface area contributed by atoms with Crippen LogP contribution in [0.2, 0.25) is 0 Å². The Hall–Kier alpha value is -3.80. The SMILES string of the molecule is CC(=O)N[C@H]1[C@H](O[C@H]2[C@@H](O)[C@@H](CO[C@@H]3O[C@H](CO)[C@@H](O[C@@H]4O[C@H](CO)[C@H](O)[C@H](O)[C@H]4O[C@@H]4O[C@@H](C)[C@@H](O)[C@@H](O)[C@@H]4O)[C@H](O[C@@H]4O[C@@H](C)[C@@H](O)[C@@H](O)[C@@H]4O)[C@H]3NC(C)=O)O[C@@H](O[C@@H]([C@H](O)[C@@H](O)CO)[C@H](O)CO)[C@@H]2O)O[C@H](CO)[C@@H](O[C@@H]2O[C@H](CO[C@]3(C(=O)O)C[C@H](O)[C@@H](NC(C)=O)[C@H]([C@H](O)[C@H](O)CO)O3)[C@H](O)[C@H](O)[C@H]2O)[C@@H]1O. The van der Waals surface area contributed by atoms with Gasteiger partial charge in [-0.05, 0) is 13.8 Å². The second kappa shape index (κ2) is 41.0. The maximum atomic E-state index is 13.5. The van der Waals surface area contributed by atoms with E-state index >= 15 is 0 Å². The number of carboxylic acids is 1. The standard InChI is InChI=1S/C63H107N3O47/c1-15-32(80)40(88)44(92)57(100-15)110-52-31(66-19(5)75)55(103-26(12-72)50(52)109-61-54(43(91)36(84)24(10-70)102-61)112-58-45(93)41(89)33(81)16(2)101-58)98-13-27-38(86)53(47(95)60(105-27)107-48(23(79)9-69)34(82)21(77)7-67)111-56-30(65-18(4)74)39(87)49(25(11-71)104-56)108-59-46(94)42(90)37(85)28(106-59)14-99-63(62(96)97)6-20(76)29(64-17(3)73)51(113-63)35(83)22(78)8-68/h15-16,20-61,67-72,76-95H,6-14H2,1-5H3,(H,64,73)(H,65,74)(H,66,75)(H,96,97)/t15-,16-,20-,21-,22+,23+,24+,25+,26+,27+,28+,29+,30+,31+,32+,33+,34+,35+,36-,37-,38-,39+,40+,41+,42-,43-,44-,45-,46+,47+,48+,49+,50+,51+,52+,53-,54+,55+,56-,57-,58-,59-,60-,61-,63+/m0/s1. The van der Waals surface area contributed by atoms with Gasteiger partial charge in [-0.1, -0.05) is 0 Å². The molecule has 8 fully saturated rings. The van der Waals surface area contributed by atoms with Crippen molar-refractivity contribution < 1.29 is 233 Å². The molecule has 45 atom stereocenters. The number of hydrogen-bond donors (Lipinski definition) is 30. The lowest BCUT2D eigenvalue weighted by molar-refractivity contribution is -0.395. The van der Waals surface area contributed by atoms with Crippen LogP contribution in [-0.4, -0.2) is 490 Å². The molecule has 8 saturated heterocycles. The molecular formula is C63H107N3O47. The number of aliphatic hydroxyl groups excluding tert-OH is 26. The summed E-state index contributed by atoms with van der Waals surface area (Å²) in [4.78, 5) is 51.7. The fourth-order valence-corrected chi connectivity index (χ4v) is 14.1. The molecule has 0 aromatic rings. The summed E-state index contributed by atoms with van der Waals surface area (Å²) in [5.74, 6) is -7.99. The van der Waals surface area contributed by atoms with Gasteiger partial charge in [-0.25, -0.2) is 4.79 Å². The molecule has 656 valence electrons. The highest BCUT2D eigenvalue weighted by Crippen LogP contribution is 2.41. The molecule has 8 heterocycles. The third-order valence-corrected chi connectivity index (χ3v) is 20.5. The normalized spacial score (nSPS) is 46.3. The third kappa shape index (κ3) is 21.3. The number of aliphatic hydroxyl groups is 26. The highest BCUT2D eigenvalue weighted by molar-refractivity contribution is 5.77. The molecule has 30 N–H and O–H groups in total. The molecule has 0 spiro atoms. The largest absolute Gasteiger partial charge is 0.477 e. The summed E-state index contributed by atoms with van der Waals surface area (Å²) in [6.45, 7) is -4.40. The number of carbonyl (C=O) groups excluding carboxylic acids is 3. The van der Waals surface area contributed by atoms with Crippen LogP contribution in [0.15, 0.2) is 0 Å². The van der Waals surface area contributed by atoms with Crippen molar-refractivity contribution in [3.05, 3.63) is 0 Å². The first-order chi connectivity index (χ1) is 53.1. The molecule has 0 unspecified atom stereocenters. The van der Waals surface area contributed by atoms with Crippen molar-refractivity contribution in [3.63, 3.8) is 0 Å². The summed E-state index contributed by atoms with van der Waals surface area (Å²) in [6, 6.07) is -5.73. The van der Waals surface area contributed by atoms with Gasteiger partial charge in [-0.2, -0.15) is 0 Å². The predicted octanol–water partition coefficient (Wildman–Crippen LogP) is -19.3. The van der Waals surface area contributed by atoms with E-state index in [2.05, 4.69) is 16.0 Å². The van der Waals surface area contributed by atoms with Crippen LogP contribution >= 0.6 is 0 Å². The average molecular weight is 1660 g/mol. The Labute approximate surface area is 640 Å². The predicted molar refractivity (Wildman–Crippen MR) is 348 cm³/mol. The van der Waals surface area contributed by atoms with Crippen molar-refractivity contribution in [2.24, 2.45) is 0 Å². The minimum Gasteiger partial charge on any atom is -0.477 e. The first kappa shape index (κ1) is 94.7. The smallest absolute Gasteiger partial charge is 0.364 e. The average Bonchev–Trinajstić information content (AvgIpc) is 0.768. The van der Waals surface area contributed by atoms with Crippen LogP contribution < -0.4 is 16.0 Å². The Kier molecular flexibility index (Phi) is 34.3. The summed E-state index contributed by atoms with van der Waals surface area (Å²) < 4.78 is 94.9. The molecule has 50 heteroatoms. The molecule has 0 aromatic carbocycles. The number of hydrogen-bond acceptors (Lipinski definition) is 46. The van der Waals surface area contributed by atoms with E-state index < -0.39 is 358 Å². The van der Waals surface area contributed by atoms with E-state index in [0.717, 1.165) is 20.8 Å².